The highest BCUT2D eigenvalue weighted by atomic mass is 79.9. The van der Waals surface area contributed by atoms with Gasteiger partial charge in [-0.3, -0.25) is 0 Å². The summed E-state index contributed by atoms with van der Waals surface area (Å²) in [6.07, 6.45) is 1.19. The minimum Gasteiger partial charge on any atom is -0.317 e. The highest BCUT2D eigenvalue weighted by Gasteiger charge is 2.00. The number of rotatable bonds is 3. The molecule has 0 spiro atoms. The first-order valence-corrected chi connectivity index (χ1v) is 3.89. The molecule has 0 aromatic carbocycles. The lowest BCUT2D eigenvalue weighted by molar-refractivity contribution is 0.567. The topological polar surface area (TPSA) is 12.0 Å². The molecule has 0 rings (SSSR count). The molecule has 1 N–H and O–H groups in total. The van der Waals surface area contributed by atoms with Gasteiger partial charge in [0.2, 0.25) is 0 Å². The van der Waals surface area contributed by atoms with Crippen LogP contribution in [0.1, 0.15) is 20.3 Å². The molecule has 0 heterocycles. The van der Waals surface area contributed by atoms with Crippen molar-refractivity contribution < 1.29 is 0 Å². The Bertz CT molecular complexity index is 54.5. The van der Waals surface area contributed by atoms with Crippen molar-refractivity contribution in [3.05, 3.63) is 0 Å². The average molecular weight is 180 g/mol. The Morgan fingerprint density at radius 3 is 2.12 bits per heavy atom. The average Bonchev–Trinajstić information content (AvgIpc) is 1.65. The summed E-state index contributed by atoms with van der Waals surface area (Å²) < 4.78 is 0. The Labute approximate surface area is 60.0 Å². The molecule has 2 atom stereocenters. The van der Waals surface area contributed by atoms with Crippen molar-refractivity contribution in [1.29, 1.82) is 0 Å². The van der Waals surface area contributed by atoms with Crippen molar-refractivity contribution >= 4 is 15.9 Å². The van der Waals surface area contributed by atoms with E-state index in [1.165, 1.54) is 6.42 Å². The molecule has 0 saturated carbocycles. The van der Waals surface area contributed by atoms with Gasteiger partial charge in [0.05, 0.1) is 0 Å². The third-order valence-electron chi connectivity index (χ3n) is 1.17. The molecule has 0 aliphatic carbocycles. The molecule has 2 heteroatoms. The summed E-state index contributed by atoms with van der Waals surface area (Å²) in [5.41, 5.74) is 0. The molecule has 0 aliphatic heterocycles. The molecule has 0 saturated heterocycles. The Kier molecular flexibility index (Phi) is 4.57. The van der Waals surface area contributed by atoms with Crippen LogP contribution >= 0.6 is 15.9 Å². The number of hydrogen-bond donors (Lipinski definition) is 1. The Morgan fingerprint density at radius 1 is 1.50 bits per heavy atom. The van der Waals surface area contributed by atoms with Crippen molar-refractivity contribution in [2.24, 2.45) is 0 Å². The summed E-state index contributed by atoms with van der Waals surface area (Å²) in [5, 5.41) is 3.17. The van der Waals surface area contributed by atoms with Gasteiger partial charge in [0, 0.05) is 10.9 Å². The smallest absolute Gasteiger partial charge is 0.0132 e. The normalized spacial score (nSPS) is 18.0. The Balaban J connectivity index is 3.10. The lowest BCUT2D eigenvalue weighted by Crippen LogP contribution is -2.23. The molecular weight excluding hydrogens is 166 g/mol. The van der Waals surface area contributed by atoms with Crippen LogP contribution in [0.15, 0.2) is 0 Å². The molecular formula is C6H14BrN. The van der Waals surface area contributed by atoms with E-state index < -0.39 is 0 Å². The van der Waals surface area contributed by atoms with Crippen molar-refractivity contribution in [2.45, 2.75) is 31.1 Å². The third-order valence-corrected chi connectivity index (χ3v) is 1.54. The second-order valence-electron chi connectivity index (χ2n) is 2.21. The van der Waals surface area contributed by atoms with Crippen LogP contribution in [0.25, 0.3) is 0 Å². The molecule has 2 unspecified atom stereocenters. The van der Waals surface area contributed by atoms with Crippen molar-refractivity contribution in [3.63, 3.8) is 0 Å². The third kappa shape index (κ3) is 4.60. The largest absolute Gasteiger partial charge is 0.317 e. The zero-order valence-electron chi connectivity index (χ0n) is 5.74. The summed E-state index contributed by atoms with van der Waals surface area (Å²) in [6, 6.07) is 0.629. The van der Waals surface area contributed by atoms with Crippen molar-refractivity contribution in [1.82, 2.24) is 5.32 Å². The Hall–Kier alpha value is 0.440. The molecule has 1 nitrogen and oxygen atoms in total. The van der Waals surface area contributed by atoms with Crippen molar-refractivity contribution in [3.8, 4) is 0 Å². The molecule has 50 valence electrons. The number of hydrogen-bond acceptors (Lipinski definition) is 1. The second-order valence-corrected chi connectivity index (χ2v) is 3.77. The van der Waals surface area contributed by atoms with Gasteiger partial charge in [-0.2, -0.15) is 0 Å². The van der Waals surface area contributed by atoms with Crippen LogP contribution in [0.3, 0.4) is 0 Å². The van der Waals surface area contributed by atoms with Gasteiger partial charge in [0.25, 0.3) is 0 Å². The number of nitrogens with one attached hydrogen (secondary N) is 1. The van der Waals surface area contributed by atoms with Crippen LogP contribution in [0.2, 0.25) is 0 Å². The SMILES string of the molecule is CNC(C)CC(C)Br. The van der Waals surface area contributed by atoms with E-state index >= 15 is 0 Å². The lowest BCUT2D eigenvalue weighted by atomic mass is 10.2. The van der Waals surface area contributed by atoms with Crippen LogP contribution in [0.5, 0.6) is 0 Å². The maximum atomic E-state index is 3.48. The molecule has 0 radical (unpaired) electrons. The van der Waals surface area contributed by atoms with E-state index in [2.05, 4.69) is 35.1 Å². The summed E-state index contributed by atoms with van der Waals surface area (Å²) >= 11 is 3.48. The van der Waals surface area contributed by atoms with Gasteiger partial charge in [0.1, 0.15) is 0 Å². The molecule has 0 aromatic rings. The highest BCUT2D eigenvalue weighted by Crippen LogP contribution is 2.05. The van der Waals surface area contributed by atoms with Gasteiger partial charge in [-0.25, -0.2) is 0 Å². The molecule has 0 amide bonds. The highest BCUT2D eigenvalue weighted by molar-refractivity contribution is 9.09. The summed E-state index contributed by atoms with van der Waals surface area (Å²) in [4.78, 5) is 0.630. The predicted molar refractivity (Wildman–Crippen MR) is 41.5 cm³/mol. The molecule has 0 aliphatic rings. The van der Waals surface area contributed by atoms with Crippen LogP contribution in [0.4, 0.5) is 0 Å². The minimum absolute atomic E-state index is 0.629. The van der Waals surface area contributed by atoms with E-state index in [-0.39, 0.29) is 0 Å². The first-order chi connectivity index (χ1) is 3.66. The Morgan fingerprint density at radius 2 is 2.00 bits per heavy atom. The first kappa shape index (κ1) is 8.44. The summed E-state index contributed by atoms with van der Waals surface area (Å²) in [6.45, 7) is 4.34. The van der Waals surface area contributed by atoms with E-state index in [4.69, 9.17) is 0 Å². The standard InChI is InChI=1S/C6H14BrN/c1-5(7)4-6(2)8-3/h5-6,8H,4H2,1-3H3. The predicted octanol–water partition coefficient (Wildman–Crippen LogP) is 1.77. The maximum Gasteiger partial charge on any atom is 0.0132 e. The number of halogens is 1. The molecule has 8 heavy (non-hydrogen) atoms. The van der Waals surface area contributed by atoms with Gasteiger partial charge in [-0.1, -0.05) is 22.9 Å². The molecule has 0 aromatic heterocycles. The van der Waals surface area contributed by atoms with Crippen LogP contribution in [-0.2, 0) is 0 Å². The molecule has 0 fully saturated rings. The van der Waals surface area contributed by atoms with Crippen LogP contribution in [0, 0.1) is 0 Å². The maximum absolute atomic E-state index is 3.48. The van der Waals surface area contributed by atoms with Gasteiger partial charge in [0.15, 0.2) is 0 Å². The van der Waals surface area contributed by atoms with E-state index in [1.54, 1.807) is 0 Å². The van der Waals surface area contributed by atoms with E-state index in [9.17, 15) is 0 Å². The fourth-order valence-corrected chi connectivity index (χ4v) is 1.17. The van der Waals surface area contributed by atoms with Gasteiger partial charge in [-0.05, 0) is 20.4 Å². The first-order valence-electron chi connectivity index (χ1n) is 2.98. The lowest BCUT2D eigenvalue weighted by Gasteiger charge is -2.10. The van der Waals surface area contributed by atoms with E-state index in [1.807, 2.05) is 7.05 Å². The molecule has 0 bridgehead atoms. The van der Waals surface area contributed by atoms with Crippen LogP contribution < -0.4 is 5.32 Å². The summed E-state index contributed by atoms with van der Waals surface area (Å²) in [5.74, 6) is 0. The van der Waals surface area contributed by atoms with Gasteiger partial charge in [-0.15, -0.1) is 0 Å². The van der Waals surface area contributed by atoms with Gasteiger partial charge < -0.3 is 5.32 Å². The zero-order chi connectivity index (χ0) is 6.57. The minimum atomic E-state index is 0.629. The zero-order valence-corrected chi connectivity index (χ0v) is 7.33. The fourth-order valence-electron chi connectivity index (χ4n) is 0.605. The van der Waals surface area contributed by atoms with Crippen molar-refractivity contribution in [2.75, 3.05) is 7.05 Å². The second kappa shape index (κ2) is 4.33. The van der Waals surface area contributed by atoms with Crippen LogP contribution in [-0.4, -0.2) is 17.9 Å². The fraction of sp³-hybridized carbons (Fsp3) is 1.00. The quantitative estimate of drug-likeness (QED) is 0.652. The van der Waals surface area contributed by atoms with E-state index in [0.717, 1.165) is 0 Å². The monoisotopic (exact) mass is 179 g/mol. The van der Waals surface area contributed by atoms with Gasteiger partial charge >= 0.3 is 0 Å². The number of alkyl halides is 1. The van der Waals surface area contributed by atoms with E-state index in [0.29, 0.717) is 10.9 Å². The summed E-state index contributed by atoms with van der Waals surface area (Å²) in [7, 11) is 1.99.